The van der Waals surface area contributed by atoms with Gasteiger partial charge in [0.1, 0.15) is 0 Å². The average Bonchev–Trinajstić information content (AvgIpc) is 2.51. The Labute approximate surface area is 136 Å². The molecule has 0 unspecified atom stereocenters. The first kappa shape index (κ1) is 17.1. The van der Waals surface area contributed by atoms with E-state index in [1.54, 1.807) is 24.3 Å². The van der Waals surface area contributed by atoms with E-state index in [1.807, 2.05) is 0 Å². The number of nitrogens with one attached hydrogen (secondary N) is 2. The number of alkyl halides is 3. The lowest BCUT2D eigenvalue weighted by molar-refractivity contribution is -0.137. The number of amides is 1. The molecule has 0 radical (unpaired) electrons. The van der Waals surface area contributed by atoms with Gasteiger partial charge in [0.15, 0.2) is 0 Å². The molecular formula is C16H14ClF3N2O. The van der Waals surface area contributed by atoms with Gasteiger partial charge in [-0.1, -0.05) is 35.9 Å². The van der Waals surface area contributed by atoms with Crippen LogP contribution in [0.15, 0.2) is 48.5 Å². The maximum Gasteiger partial charge on any atom is 0.416 e. The second-order valence-corrected chi connectivity index (χ2v) is 5.21. The van der Waals surface area contributed by atoms with Gasteiger partial charge in [-0.25, -0.2) is 0 Å². The quantitative estimate of drug-likeness (QED) is 0.859. The van der Waals surface area contributed by atoms with Gasteiger partial charge in [0.25, 0.3) is 0 Å². The number of anilines is 1. The lowest BCUT2D eigenvalue weighted by atomic mass is 10.2. The summed E-state index contributed by atoms with van der Waals surface area (Å²) in [6.45, 7) is 0.120. The first-order chi connectivity index (χ1) is 10.9. The highest BCUT2D eigenvalue weighted by Gasteiger charge is 2.30. The van der Waals surface area contributed by atoms with E-state index in [4.69, 9.17) is 11.6 Å². The molecule has 0 aromatic heterocycles. The van der Waals surface area contributed by atoms with E-state index >= 15 is 0 Å². The molecule has 0 spiro atoms. The zero-order valence-corrected chi connectivity index (χ0v) is 12.7. The Hall–Kier alpha value is -2.21. The molecule has 0 aliphatic heterocycles. The number of hydrogen-bond acceptors (Lipinski definition) is 2. The zero-order chi connectivity index (χ0) is 16.9. The van der Waals surface area contributed by atoms with Crippen molar-refractivity contribution in [3.63, 3.8) is 0 Å². The molecule has 0 heterocycles. The van der Waals surface area contributed by atoms with Crippen LogP contribution < -0.4 is 10.6 Å². The van der Waals surface area contributed by atoms with Gasteiger partial charge in [-0.3, -0.25) is 4.79 Å². The third-order valence-electron chi connectivity index (χ3n) is 3.08. The summed E-state index contributed by atoms with van der Waals surface area (Å²) < 4.78 is 37.8. The van der Waals surface area contributed by atoms with Crippen molar-refractivity contribution >= 4 is 23.2 Å². The van der Waals surface area contributed by atoms with Crippen LogP contribution >= 0.6 is 11.6 Å². The van der Waals surface area contributed by atoms with Crippen LogP contribution in [0.3, 0.4) is 0 Å². The van der Waals surface area contributed by atoms with Crippen molar-refractivity contribution in [2.45, 2.75) is 12.7 Å². The predicted octanol–water partition coefficient (Wildman–Crippen LogP) is 4.09. The van der Waals surface area contributed by atoms with Gasteiger partial charge in [-0.2, -0.15) is 13.2 Å². The largest absolute Gasteiger partial charge is 0.416 e. The molecule has 0 bridgehead atoms. The SMILES string of the molecule is O=C(CNc1cccc(C(F)(F)F)c1)NCc1ccccc1Cl. The summed E-state index contributed by atoms with van der Waals surface area (Å²) in [6.07, 6.45) is -4.41. The smallest absolute Gasteiger partial charge is 0.376 e. The molecule has 0 aliphatic rings. The normalized spacial score (nSPS) is 11.1. The minimum Gasteiger partial charge on any atom is -0.376 e. The minimum absolute atomic E-state index is 0.133. The van der Waals surface area contributed by atoms with Gasteiger partial charge >= 0.3 is 6.18 Å². The van der Waals surface area contributed by atoms with Crippen molar-refractivity contribution in [2.75, 3.05) is 11.9 Å². The Kier molecular flexibility index (Phi) is 5.50. The van der Waals surface area contributed by atoms with E-state index in [9.17, 15) is 18.0 Å². The minimum atomic E-state index is -4.41. The molecular weight excluding hydrogens is 329 g/mol. The Bertz CT molecular complexity index is 689. The second-order valence-electron chi connectivity index (χ2n) is 4.80. The number of hydrogen-bond donors (Lipinski definition) is 2. The van der Waals surface area contributed by atoms with Gasteiger partial charge in [-0.15, -0.1) is 0 Å². The van der Waals surface area contributed by atoms with Crippen LogP contribution in [0.1, 0.15) is 11.1 Å². The maximum atomic E-state index is 12.6. The fourth-order valence-electron chi connectivity index (χ4n) is 1.89. The molecule has 0 saturated carbocycles. The maximum absolute atomic E-state index is 12.6. The summed E-state index contributed by atoms with van der Waals surface area (Å²) >= 11 is 5.97. The Balaban J connectivity index is 1.86. The molecule has 3 nitrogen and oxygen atoms in total. The first-order valence-corrected chi connectivity index (χ1v) is 7.15. The summed E-state index contributed by atoms with van der Waals surface area (Å²) in [7, 11) is 0. The fourth-order valence-corrected chi connectivity index (χ4v) is 2.09. The van der Waals surface area contributed by atoms with E-state index in [0.717, 1.165) is 17.7 Å². The molecule has 122 valence electrons. The van der Waals surface area contributed by atoms with E-state index in [1.165, 1.54) is 12.1 Å². The highest BCUT2D eigenvalue weighted by Crippen LogP contribution is 2.30. The summed E-state index contributed by atoms with van der Waals surface area (Å²) in [6, 6.07) is 11.8. The second kappa shape index (κ2) is 7.37. The van der Waals surface area contributed by atoms with Crippen LogP contribution in [-0.4, -0.2) is 12.5 Å². The predicted molar refractivity (Wildman–Crippen MR) is 83.2 cm³/mol. The number of carbonyl (C=O) groups is 1. The molecule has 0 saturated heterocycles. The third-order valence-corrected chi connectivity index (χ3v) is 3.45. The summed E-state index contributed by atoms with van der Waals surface area (Å²) in [5, 5.41) is 5.85. The molecule has 1 amide bonds. The molecule has 2 aromatic rings. The van der Waals surface area contributed by atoms with Crippen molar-refractivity contribution in [2.24, 2.45) is 0 Å². The van der Waals surface area contributed by atoms with Gasteiger partial charge in [-0.05, 0) is 29.8 Å². The van der Waals surface area contributed by atoms with E-state index in [0.29, 0.717) is 5.02 Å². The summed E-state index contributed by atoms with van der Waals surface area (Å²) in [5.74, 6) is -0.345. The van der Waals surface area contributed by atoms with Gasteiger partial charge in [0.2, 0.25) is 5.91 Å². The molecule has 2 N–H and O–H groups in total. The molecule has 2 aromatic carbocycles. The molecule has 2 rings (SSSR count). The van der Waals surface area contributed by atoms with Gasteiger partial charge < -0.3 is 10.6 Å². The molecule has 0 atom stereocenters. The van der Waals surface area contributed by atoms with Crippen LogP contribution in [0.5, 0.6) is 0 Å². The van der Waals surface area contributed by atoms with E-state index < -0.39 is 11.7 Å². The zero-order valence-electron chi connectivity index (χ0n) is 12.0. The standard InChI is InChI=1S/C16H14ClF3N2O/c17-14-7-2-1-4-11(14)9-22-15(23)10-21-13-6-3-5-12(8-13)16(18,19)20/h1-8,21H,9-10H2,(H,22,23). The number of carbonyl (C=O) groups excluding carboxylic acids is 1. The number of halogens is 4. The van der Waals surface area contributed by atoms with Crippen molar-refractivity contribution in [3.05, 3.63) is 64.7 Å². The van der Waals surface area contributed by atoms with Crippen LogP contribution in [-0.2, 0) is 17.5 Å². The lowest BCUT2D eigenvalue weighted by Gasteiger charge is -2.11. The summed E-state index contributed by atoms with van der Waals surface area (Å²) in [4.78, 5) is 11.7. The van der Waals surface area contributed by atoms with E-state index in [2.05, 4.69) is 10.6 Å². The average molecular weight is 343 g/mol. The highest BCUT2D eigenvalue weighted by atomic mass is 35.5. The first-order valence-electron chi connectivity index (χ1n) is 6.77. The van der Waals surface area contributed by atoms with Crippen LogP contribution in [0.2, 0.25) is 5.02 Å². The molecule has 0 fully saturated rings. The fraction of sp³-hybridized carbons (Fsp3) is 0.188. The van der Waals surface area contributed by atoms with Crippen molar-refractivity contribution in [1.29, 1.82) is 0 Å². The monoisotopic (exact) mass is 342 g/mol. The van der Waals surface area contributed by atoms with Crippen molar-refractivity contribution in [3.8, 4) is 0 Å². The van der Waals surface area contributed by atoms with Gasteiger partial charge in [0, 0.05) is 17.3 Å². The third kappa shape index (κ3) is 5.17. The highest BCUT2D eigenvalue weighted by molar-refractivity contribution is 6.31. The topological polar surface area (TPSA) is 41.1 Å². The molecule has 0 aliphatic carbocycles. The molecule has 23 heavy (non-hydrogen) atoms. The van der Waals surface area contributed by atoms with Crippen LogP contribution in [0, 0.1) is 0 Å². The molecule has 7 heteroatoms. The van der Waals surface area contributed by atoms with Crippen molar-refractivity contribution in [1.82, 2.24) is 5.32 Å². The number of rotatable bonds is 5. The van der Waals surface area contributed by atoms with E-state index in [-0.39, 0.29) is 24.7 Å². The Morgan fingerprint density at radius 1 is 1.09 bits per heavy atom. The Morgan fingerprint density at radius 3 is 2.52 bits per heavy atom. The van der Waals surface area contributed by atoms with Crippen LogP contribution in [0.4, 0.5) is 18.9 Å². The lowest BCUT2D eigenvalue weighted by Crippen LogP contribution is -2.29. The number of benzene rings is 2. The van der Waals surface area contributed by atoms with Crippen LogP contribution in [0.25, 0.3) is 0 Å². The van der Waals surface area contributed by atoms with Crippen molar-refractivity contribution < 1.29 is 18.0 Å². The Morgan fingerprint density at radius 2 is 1.83 bits per heavy atom. The summed E-state index contributed by atoms with van der Waals surface area (Å²) in [5.41, 5.74) is 0.230. The van der Waals surface area contributed by atoms with Gasteiger partial charge in [0.05, 0.1) is 12.1 Å².